The van der Waals surface area contributed by atoms with Gasteiger partial charge in [0.25, 0.3) is 0 Å². The summed E-state index contributed by atoms with van der Waals surface area (Å²) < 4.78 is 1.83. The molecule has 0 saturated heterocycles. The number of rotatable bonds is 0. The highest BCUT2D eigenvalue weighted by atomic mass is 127. The number of nitrogens with zero attached hydrogens (tertiary/aromatic N) is 1. The Labute approximate surface area is 89.3 Å². The van der Waals surface area contributed by atoms with Gasteiger partial charge < -0.3 is 0 Å². The van der Waals surface area contributed by atoms with Crippen molar-refractivity contribution < 1.29 is 0 Å². The van der Waals surface area contributed by atoms with Crippen LogP contribution >= 0.6 is 45.5 Å². The van der Waals surface area contributed by atoms with Gasteiger partial charge >= 0.3 is 0 Å². The zero-order chi connectivity index (χ0) is 8.65. The Bertz CT molecular complexity index is 264. The summed E-state index contributed by atoms with van der Waals surface area (Å²) in [4.78, 5) is 4.35. The highest BCUT2D eigenvalue weighted by Crippen LogP contribution is 2.33. The molecule has 0 N–H and O–H groups in total. The minimum atomic E-state index is 0.0665. The molecule has 0 unspecified atom stereocenters. The first-order valence-corrected chi connectivity index (χ1v) is 5.51. The molecule has 0 bridgehead atoms. The van der Waals surface area contributed by atoms with Crippen LogP contribution in [-0.2, 0) is 5.41 Å². The lowest BCUT2D eigenvalue weighted by Crippen LogP contribution is -2.12. The molecule has 0 amide bonds. The third-order valence-electron chi connectivity index (χ3n) is 1.27. The SMILES string of the molecule is CC(C)(C)c1nc(I)sc1Cl. The Kier molecular flexibility index (Phi) is 2.82. The van der Waals surface area contributed by atoms with E-state index in [1.807, 2.05) is 0 Å². The van der Waals surface area contributed by atoms with Gasteiger partial charge in [-0.3, -0.25) is 0 Å². The Morgan fingerprint density at radius 2 is 2.00 bits per heavy atom. The van der Waals surface area contributed by atoms with E-state index in [9.17, 15) is 0 Å². The van der Waals surface area contributed by atoms with Crippen LogP contribution in [0.4, 0.5) is 0 Å². The van der Waals surface area contributed by atoms with Crippen molar-refractivity contribution >= 4 is 45.5 Å². The van der Waals surface area contributed by atoms with Crippen LogP contribution in [0.1, 0.15) is 26.5 Å². The van der Waals surface area contributed by atoms with Gasteiger partial charge in [-0.25, -0.2) is 4.98 Å². The van der Waals surface area contributed by atoms with Crippen molar-refractivity contribution in [3.8, 4) is 0 Å². The van der Waals surface area contributed by atoms with Crippen molar-refractivity contribution in [2.75, 3.05) is 0 Å². The van der Waals surface area contributed by atoms with Crippen molar-refractivity contribution in [1.82, 2.24) is 4.98 Å². The summed E-state index contributed by atoms with van der Waals surface area (Å²) in [6.07, 6.45) is 0. The van der Waals surface area contributed by atoms with Crippen molar-refractivity contribution in [3.05, 3.63) is 13.0 Å². The maximum Gasteiger partial charge on any atom is 0.155 e. The molecular weight excluding hydrogens is 293 g/mol. The Morgan fingerprint density at radius 3 is 2.18 bits per heavy atom. The second-order valence-electron chi connectivity index (χ2n) is 3.34. The van der Waals surface area contributed by atoms with Gasteiger partial charge in [-0.2, -0.15) is 0 Å². The maximum atomic E-state index is 5.98. The van der Waals surface area contributed by atoms with Crippen LogP contribution in [0.25, 0.3) is 0 Å². The van der Waals surface area contributed by atoms with E-state index >= 15 is 0 Å². The minimum Gasteiger partial charge on any atom is -0.233 e. The Morgan fingerprint density at radius 1 is 1.45 bits per heavy atom. The molecule has 1 rings (SSSR count). The fraction of sp³-hybridized carbons (Fsp3) is 0.571. The second kappa shape index (κ2) is 3.18. The first-order valence-electron chi connectivity index (χ1n) is 3.23. The number of halogens is 2. The average Bonchev–Trinajstić information content (AvgIpc) is 2.08. The lowest BCUT2D eigenvalue weighted by Gasteiger charge is -2.14. The van der Waals surface area contributed by atoms with E-state index < -0.39 is 0 Å². The molecule has 4 heteroatoms. The van der Waals surface area contributed by atoms with Crippen LogP contribution in [-0.4, -0.2) is 4.98 Å². The quantitative estimate of drug-likeness (QED) is 0.666. The summed E-state index contributed by atoms with van der Waals surface area (Å²) in [6, 6.07) is 0. The van der Waals surface area contributed by atoms with E-state index in [0.717, 1.165) is 13.0 Å². The molecule has 0 aliphatic carbocycles. The molecule has 0 aliphatic rings. The Balaban J connectivity index is 3.13. The molecule has 0 saturated carbocycles. The predicted molar refractivity (Wildman–Crippen MR) is 58.5 cm³/mol. The number of hydrogen-bond acceptors (Lipinski definition) is 2. The van der Waals surface area contributed by atoms with Crippen LogP contribution in [0.5, 0.6) is 0 Å². The summed E-state index contributed by atoms with van der Waals surface area (Å²) in [7, 11) is 0. The van der Waals surface area contributed by atoms with Gasteiger partial charge in [-0.05, 0) is 22.6 Å². The van der Waals surface area contributed by atoms with Gasteiger partial charge in [-0.15, -0.1) is 0 Å². The van der Waals surface area contributed by atoms with Crippen molar-refractivity contribution in [2.45, 2.75) is 26.2 Å². The van der Waals surface area contributed by atoms with Crippen LogP contribution < -0.4 is 0 Å². The molecule has 0 radical (unpaired) electrons. The van der Waals surface area contributed by atoms with Crippen LogP contribution in [0.15, 0.2) is 0 Å². The van der Waals surface area contributed by atoms with E-state index in [-0.39, 0.29) is 5.41 Å². The van der Waals surface area contributed by atoms with Gasteiger partial charge in [0, 0.05) is 5.41 Å². The van der Waals surface area contributed by atoms with E-state index in [0.29, 0.717) is 0 Å². The predicted octanol–water partition coefficient (Wildman–Crippen LogP) is 3.70. The topological polar surface area (TPSA) is 12.9 Å². The number of thiazole rings is 1. The van der Waals surface area contributed by atoms with Gasteiger partial charge in [-0.1, -0.05) is 43.7 Å². The van der Waals surface area contributed by atoms with E-state index in [1.54, 1.807) is 0 Å². The smallest absolute Gasteiger partial charge is 0.155 e. The van der Waals surface area contributed by atoms with Crippen molar-refractivity contribution in [3.63, 3.8) is 0 Å². The maximum absolute atomic E-state index is 5.98. The summed E-state index contributed by atoms with van der Waals surface area (Å²) in [5.74, 6) is 0. The monoisotopic (exact) mass is 301 g/mol. The second-order valence-corrected chi connectivity index (χ2v) is 6.69. The van der Waals surface area contributed by atoms with Crippen molar-refractivity contribution in [2.24, 2.45) is 0 Å². The molecule has 1 heterocycles. The summed E-state index contributed by atoms with van der Waals surface area (Å²) in [5, 5.41) is 0. The number of hydrogen-bond donors (Lipinski definition) is 0. The summed E-state index contributed by atoms with van der Waals surface area (Å²) in [5.41, 5.74) is 1.07. The highest BCUT2D eigenvalue weighted by Gasteiger charge is 2.21. The lowest BCUT2D eigenvalue weighted by molar-refractivity contribution is 0.572. The van der Waals surface area contributed by atoms with Gasteiger partial charge in [0.1, 0.15) is 4.34 Å². The molecule has 1 aromatic rings. The molecular formula is C7H9ClINS. The van der Waals surface area contributed by atoms with Crippen LogP contribution in [0.2, 0.25) is 4.34 Å². The molecule has 1 nitrogen and oxygen atoms in total. The first kappa shape index (κ1) is 9.74. The van der Waals surface area contributed by atoms with Crippen LogP contribution in [0.3, 0.4) is 0 Å². The molecule has 62 valence electrons. The lowest BCUT2D eigenvalue weighted by atomic mass is 9.93. The van der Waals surface area contributed by atoms with Gasteiger partial charge in [0.15, 0.2) is 3.01 Å². The average molecular weight is 302 g/mol. The number of aromatic nitrogens is 1. The minimum absolute atomic E-state index is 0.0665. The fourth-order valence-corrected chi connectivity index (χ4v) is 3.31. The van der Waals surface area contributed by atoms with Gasteiger partial charge in [0.2, 0.25) is 0 Å². The molecule has 11 heavy (non-hydrogen) atoms. The fourth-order valence-electron chi connectivity index (χ4n) is 0.739. The zero-order valence-electron chi connectivity index (χ0n) is 6.61. The van der Waals surface area contributed by atoms with Crippen molar-refractivity contribution in [1.29, 1.82) is 0 Å². The molecule has 0 aliphatic heterocycles. The largest absolute Gasteiger partial charge is 0.233 e. The first-order chi connectivity index (χ1) is 4.91. The Hall–Kier alpha value is 0.650. The van der Waals surface area contributed by atoms with E-state index in [2.05, 4.69) is 48.3 Å². The summed E-state index contributed by atoms with van der Waals surface area (Å²) in [6.45, 7) is 6.35. The standard InChI is InChI=1S/C7H9ClINS/c1-7(2,3)4-5(8)11-6(9)10-4/h1-3H3. The molecule has 0 fully saturated rings. The zero-order valence-corrected chi connectivity index (χ0v) is 10.3. The molecule has 0 atom stereocenters. The molecule has 1 aromatic heterocycles. The molecule has 0 spiro atoms. The van der Waals surface area contributed by atoms with Gasteiger partial charge in [0.05, 0.1) is 5.69 Å². The third kappa shape index (κ3) is 2.29. The summed E-state index contributed by atoms with van der Waals surface area (Å²) >= 11 is 9.71. The van der Waals surface area contributed by atoms with E-state index in [1.165, 1.54) is 11.3 Å². The van der Waals surface area contributed by atoms with E-state index in [4.69, 9.17) is 11.6 Å². The molecule has 0 aromatic carbocycles. The van der Waals surface area contributed by atoms with Crippen LogP contribution in [0, 0.1) is 3.01 Å². The third-order valence-corrected chi connectivity index (χ3v) is 3.21. The normalized spacial score (nSPS) is 12.1. The highest BCUT2D eigenvalue weighted by molar-refractivity contribution is 14.1.